The molecule has 2 aliphatic heterocycles. The van der Waals surface area contributed by atoms with E-state index in [4.69, 9.17) is 28.8 Å². The monoisotopic (exact) mass is 1090 g/mol. The van der Waals surface area contributed by atoms with Crippen LogP contribution in [-0.4, -0.2) is 103 Å². The molecule has 0 aromatic rings. The Morgan fingerprint density at radius 2 is 0.444 bits per heavy atom. The fourth-order valence-corrected chi connectivity index (χ4v) is 45.9. The molecule has 2 aliphatic rings. The summed E-state index contributed by atoms with van der Waals surface area (Å²) in [4.78, 5) is 0. The molecule has 0 saturated carbocycles. The molecule has 2 atom stereocenters. The molecule has 0 amide bonds. The Hall–Kier alpha value is -0.492. The molecule has 0 aromatic carbocycles. The van der Waals surface area contributed by atoms with E-state index in [0.717, 1.165) is 26.2 Å². The Bertz CT molecular complexity index is 1390. The van der Waals surface area contributed by atoms with Gasteiger partial charge in [0.15, 0.2) is 0 Å². The number of rotatable bonds is 13. The van der Waals surface area contributed by atoms with Crippen molar-refractivity contribution in [2.75, 3.05) is 0 Å². The average molecular weight is 1090 g/mol. The number of allylic oxidation sites excluding steroid dienone is 1. The molecule has 0 N–H and O–H groups in total. The predicted octanol–water partition coefficient (Wildman–Crippen LogP) is 14.0. The van der Waals surface area contributed by atoms with Gasteiger partial charge in [-0.1, -0.05) is 6.58 Å². The zero-order valence-corrected chi connectivity index (χ0v) is 41.5. The fourth-order valence-electron chi connectivity index (χ4n) is 6.46. The summed E-state index contributed by atoms with van der Waals surface area (Å²) in [5, 5.41) is -1.64. The minimum absolute atomic E-state index is 0.608. The van der Waals surface area contributed by atoms with Crippen LogP contribution in [0.25, 0.3) is 0 Å². The quantitative estimate of drug-likeness (QED) is 0.134. The average Bonchev–Trinajstić information content (AvgIpc) is 3.00. The van der Waals surface area contributed by atoms with Gasteiger partial charge in [-0.25, -0.2) is 0 Å². The van der Waals surface area contributed by atoms with E-state index in [1.807, 2.05) is 0 Å². The lowest BCUT2D eigenvalue weighted by atomic mass is 10.5. The first-order chi connectivity index (χ1) is 27.3. The van der Waals surface area contributed by atoms with Crippen LogP contribution < -0.4 is 0 Å². The van der Waals surface area contributed by atoms with Crippen LogP contribution in [0.5, 0.6) is 0 Å². The van der Waals surface area contributed by atoms with Gasteiger partial charge >= 0.3 is 103 Å². The minimum atomic E-state index is -5.20. The maximum atomic E-state index is 13.6. The van der Waals surface area contributed by atoms with E-state index in [0.29, 0.717) is 0 Å². The molecule has 0 spiro atoms. The molecule has 35 heteroatoms. The van der Waals surface area contributed by atoms with Gasteiger partial charge in [0.05, 0.1) is 5.20 Å². The van der Waals surface area contributed by atoms with Crippen LogP contribution in [0, 0.1) is 0 Å². The molecule has 7 nitrogen and oxygen atoms in total. The first kappa shape index (κ1) is 60.5. The van der Waals surface area contributed by atoms with Crippen molar-refractivity contribution < 1.29 is 121 Å². The van der Waals surface area contributed by atoms with Gasteiger partial charge in [0, 0.05) is 38.5 Å². The lowest BCUT2D eigenvalue weighted by Crippen LogP contribution is -2.68. The summed E-state index contributed by atoms with van der Waals surface area (Å²) >= 11 is 0. The molecule has 376 valence electrons. The SMILES string of the molecule is C=C(C(F)(F)F)[Si]1(C)O[Si](C)(CCC(F)(F)F)O[Si](C)(CCC(F)(F)F)O[Si](C)(CCC(F)(F)F)O1.C[Si]1(CCC(F)(F)F)O[Si](C)(CCC(F)(F)F)O[Si](C)(CCC(F)(F)F)O1. The van der Waals surface area contributed by atoms with Crippen molar-refractivity contribution >= 4 is 59.9 Å². The molecular formula is C28H47F21O7Si7. The van der Waals surface area contributed by atoms with Gasteiger partial charge in [-0.3, -0.25) is 0 Å². The largest absolute Gasteiger partial charge is 0.416 e. The molecular weight excluding hydrogens is 1040 g/mol. The molecule has 2 rings (SSSR count). The molecule has 0 radical (unpaired) electrons. The van der Waals surface area contributed by atoms with E-state index in [-0.39, 0.29) is 0 Å². The highest BCUT2D eigenvalue weighted by molar-refractivity contribution is 6.96. The van der Waals surface area contributed by atoms with Crippen molar-refractivity contribution in [3.05, 3.63) is 11.8 Å². The Morgan fingerprint density at radius 1 is 0.302 bits per heavy atom. The summed E-state index contributed by atoms with van der Waals surface area (Å²) in [6.45, 7) is 10.3. The third-order valence-corrected chi connectivity index (χ3v) is 41.2. The molecule has 2 saturated heterocycles. The number of hydrogen-bond acceptors (Lipinski definition) is 7. The van der Waals surface area contributed by atoms with Crippen LogP contribution in [0.4, 0.5) is 92.2 Å². The molecule has 0 bridgehead atoms. The van der Waals surface area contributed by atoms with Gasteiger partial charge in [0.25, 0.3) is 0 Å². The third kappa shape index (κ3) is 23.9. The van der Waals surface area contributed by atoms with Crippen molar-refractivity contribution in [2.24, 2.45) is 0 Å². The summed E-state index contributed by atoms with van der Waals surface area (Å²) in [6, 6.07) is -4.78. The summed E-state index contributed by atoms with van der Waals surface area (Å²) in [6.07, 6.45) is -41.8. The number of halogens is 21. The van der Waals surface area contributed by atoms with Crippen molar-refractivity contribution in [3.8, 4) is 0 Å². The molecule has 2 heterocycles. The normalized spacial score (nSPS) is 33.3. The Morgan fingerprint density at radius 3 is 0.571 bits per heavy atom. The van der Waals surface area contributed by atoms with Gasteiger partial charge in [0.1, 0.15) is 0 Å². The standard InChI is InChI=1S/C16H26F12O4Si4.C12H21F9O3Si3/c1-12(16(26,27)28)36(5)31-34(3,10-7-14(20,21)22)29-33(2,9-6-13(17,18)19)30-35(4,32-36)11-8-15(23,24)25;1-25(7-4-10(13,14)15)22-26(2,8-5-11(16,17)18)24-27(3,23-25)9-6-12(19,20)21/h1,6-11H2,2-5H3;4-9H2,1-3H3. The van der Waals surface area contributed by atoms with Gasteiger partial charge in [-0.05, 0) is 82.1 Å². The van der Waals surface area contributed by atoms with Crippen molar-refractivity contribution in [1.29, 1.82) is 0 Å². The maximum Gasteiger partial charge on any atom is 0.412 e. The van der Waals surface area contributed by atoms with E-state index < -0.39 is 183 Å². The maximum absolute atomic E-state index is 13.6. The Balaban J connectivity index is 0.000000656. The predicted molar refractivity (Wildman–Crippen MR) is 197 cm³/mol. The van der Waals surface area contributed by atoms with Crippen LogP contribution in [-0.2, 0) is 28.8 Å². The molecule has 0 aromatic heterocycles. The topological polar surface area (TPSA) is 64.6 Å². The van der Waals surface area contributed by atoms with Gasteiger partial charge in [-0.15, -0.1) is 0 Å². The van der Waals surface area contributed by atoms with Gasteiger partial charge in [0.2, 0.25) is 0 Å². The Kier molecular flexibility index (Phi) is 19.4. The smallest absolute Gasteiger partial charge is 0.412 e. The first-order valence-electron chi connectivity index (χ1n) is 18.4. The van der Waals surface area contributed by atoms with Crippen LogP contribution in [0.15, 0.2) is 11.8 Å². The highest BCUT2D eigenvalue weighted by Gasteiger charge is 2.63. The zero-order valence-electron chi connectivity index (χ0n) is 34.5. The van der Waals surface area contributed by atoms with Crippen LogP contribution in [0.3, 0.4) is 0 Å². The molecule has 2 fully saturated rings. The zero-order chi connectivity index (χ0) is 50.0. The van der Waals surface area contributed by atoms with E-state index in [9.17, 15) is 92.2 Å². The summed E-state index contributed by atoms with van der Waals surface area (Å²) < 4.78 is 310. The summed E-state index contributed by atoms with van der Waals surface area (Å²) in [7, 11) is -29.1. The summed E-state index contributed by atoms with van der Waals surface area (Å²) in [5.41, 5.74) is 0. The van der Waals surface area contributed by atoms with Crippen molar-refractivity contribution in [1.82, 2.24) is 0 Å². The fraction of sp³-hybridized carbons (Fsp3) is 0.929. The second-order valence-corrected chi connectivity index (χ2v) is 40.9. The van der Waals surface area contributed by atoms with E-state index in [2.05, 4.69) is 6.58 Å². The number of alkyl halides is 21. The van der Waals surface area contributed by atoms with E-state index in [1.54, 1.807) is 0 Å². The van der Waals surface area contributed by atoms with Crippen LogP contribution >= 0.6 is 0 Å². The van der Waals surface area contributed by atoms with E-state index >= 15 is 0 Å². The van der Waals surface area contributed by atoms with Gasteiger partial charge in [-0.2, -0.15) is 92.2 Å². The molecule has 63 heavy (non-hydrogen) atoms. The second kappa shape index (κ2) is 20.2. The van der Waals surface area contributed by atoms with Crippen molar-refractivity contribution in [2.45, 2.75) is 164 Å². The lowest BCUT2D eigenvalue weighted by Gasteiger charge is -2.50. The summed E-state index contributed by atoms with van der Waals surface area (Å²) in [5.74, 6) is 0. The van der Waals surface area contributed by atoms with Gasteiger partial charge < -0.3 is 28.8 Å². The molecule has 0 aliphatic carbocycles. The lowest BCUT2D eigenvalue weighted by molar-refractivity contribution is -0.133. The number of hydrogen-bond donors (Lipinski definition) is 0. The third-order valence-electron chi connectivity index (χ3n) is 9.05. The first-order valence-corrected chi connectivity index (χ1v) is 35.9. The second-order valence-electron chi connectivity index (χ2n) is 16.1. The van der Waals surface area contributed by atoms with Crippen LogP contribution in [0.2, 0.25) is 82.1 Å². The highest BCUT2D eigenvalue weighted by atomic mass is 28.5. The minimum Gasteiger partial charge on any atom is -0.416 e. The van der Waals surface area contributed by atoms with Crippen molar-refractivity contribution in [3.63, 3.8) is 0 Å². The van der Waals surface area contributed by atoms with E-state index in [1.165, 1.54) is 19.6 Å². The van der Waals surface area contributed by atoms with Crippen LogP contribution in [0.1, 0.15) is 38.5 Å². The highest BCUT2D eigenvalue weighted by Crippen LogP contribution is 2.46. The molecule has 2 unspecified atom stereocenters. The Labute approximate surface area is 356 Å².